The van der Waals surface area contributed by atoms with E-state index in [1.54, 1.807) is 6.26 Å². The van der Waals surface area contributed by atoms with Gasteiger partial charge in [-0.15, -0.1) is 0 Å². The fourth-order valence-electron chi connectivity index (χ4n) is 2.18. The van der Waals surface area contributed by atoms with Crippen LogP contribution in [0.25, 0.3) is 22.1 Å². The van der Waals surface area contributed by atoms with Gasteiger partial charge in [-0.1, -0.05) is 48.5 Å². The van der Waals surface area contributed by atoms with E-state index in [0.717, 1.165) is 27.7 Å². The summed E-state index contributed by atoms with van der Waals surface area (Å²) in [5.74, 6) is 0. The van der Waals surface area contributed by atoms with Crippen molar-refractivity contribution in [2.24, 2.45) is 0 Å². The minimum absolute atomic E-state index is 0.374. The van der Waals surface area contributed by atoms with Crippen molar-refractivity contribution in [1.29, 1.82) is 5.26 Å². The van der Waals surface area contributed by atoms with Crippen molar-refractivity contribution in [3.8, 4) is 17.2 Å². The summed E-state index contributed by atoms with van der Waals surface area (Å²) in [6, 6.07) is 18.2. The fraction of sp³-hybridized carbons (Fsp3) is 0.0625. The van der Waals surface area contributed by atoms with Crippen LogP contribution in [0.3, 0.4) is 0 Å². The average molecular weight is 233 g/mol. The molecule has 0 amide bonds. The van der Waals surface area contributed by atoms with Crippen molar-refractivity contribution in [3.05, 3.63) is 60.4 Å². The predicted molar refractivity (Wildman–Crippen MR) is 71.0 cm³/mol. The predicted octanol–water partition coefficient (Wildman–Crippen LogP) is 4.17. The molecular formula is C16H11NO. The number of para-hydroxylation sites is 1. The minimum atomic E-state index is 0.374. The number of benzene rings is 2. The lowest BCUT2D eigenvalue weighted by Crippen LogP contribution is -1.82. The first kappa shape index (κ1) is 10.6. The van der Waals surface area contributed by atoms with Gasteiger partial charge < -0.3 is 4.42 Å². The molecule has 0 saturated carbocycles. The van der Waals surface area contributed by atoms with E-state index in [4.69, 9.17) is 9.68 Å². The van der Waals surface area contributed by atoms with E-state index >= 15 is 0 Å². The highest BCUT2D eigenvalue weighted by Gasteiger charge is 2.10. The Hall–Kier alpha value is -2.53. The Morgan fingerprint density at radius 2 is 1.83 bits per heavy atom. The Morgan fingerprint density at radius 1 is 1.00 bits per heavy atom. The summed E-state index contributed by atoms with van der Waals surface area (Å²) in [4.78, 5) is 0. The molecule has 0 saturated heterocycles. The summed E-state index contributed by atoms with van der Waals surface area (Å²) >= 11 is 0. The van der Waals surface area contributed by atoms with Crippen LogP contribution in [-0.2, 0) is 6.42 Å². The summed E-state index contributed by atoms with van der Waals surface area (Å²) in [6.45, 7) is 0. The highest BCUT2D eigenvalue weighted by atomic mass is 16.3. The van der Waals surface area contributed by atoms with Crippen LogP contribution in [0.1, 0.15) is 5.56 Å². The van der Waals surface area contributed by atoms with Crippen molar-refractivity contribution in [1.82, 2.24) is 0 Å². The Morgan fingerprint density at radius 3 is 2.61 bits per heavy atom. The Labute approximate surface area is 105 Å². The number of hydrogen-bond donors (Lipinski definition) is 0. The first-order valence-electron chi connectivity index (χ1n) is 5.81. The minimum Gasteiger partial charge on any atom is -0.463 e. The van der Waals surface area contributed by atoms with Crippen molar-refractivity contribution in [3.63, 3.8) is 0 Å². The summed E-state index contributed by atoms with van der Waals surface area (Å²) in [5.41, 5.74) is 3.96. The molecule has 18 heavy (non-hydrogen) atoms. The van der Waals surface area contributed by atoms with Gasteiger partial charge >= 0.3 is 0 Å². The van der Waals surface area contributed by atoms with Crippen molar-refractivity contribution >= 4 is 11.0 Å². The number of furan rings is 1. The standard InChI is InChI=1S/C16H11NO/c17-10-9-13-7-4-8-14-15(11-18-16(13)14)12-5-2-1-3-6-12/h1-8,11H,9H2. The second-order valence-corrected chi connectivity index (χ2v) is 4.14. The van der Waals surface area contributed by atoms with Crippen molar-refractivity contribution < 1.29 is 4.42 Å². The van der Waals surface area contributed by atoms with Gasteiger partial charge in [-0.3, -0.25) is 0 Å². The molecule has 0 N–H and O–H groups in total. The molecule has 0 atom stereocenters. The lowest BCUT2D eigenvalue weighted by molar-refractivity contribution is 0.613. The molecule has 1 aromatic heterocycles. The SMILES string of the molecule is N#CCc1cccc2c(-c3ccccc3)coc12. The normalized spacial score (nSPS) is 10.4. The summed E-state index contributed by atoms with van der Waals surface area (Å²) < 4.78 is 5.64. The van der Waals surface area contributed by atoms with E-state index in [1.165, 1.54) is 0 Å². The van der Waals surface area contributed by atoms with Gasteiger partial charge in [0.05, 0.1) is 18.8 Å². The second kappa shape index (κ2) is 4.38. The molecule has 0 bridgehead atoms. The van der Waals surface area contributed by atoms with E-state index in [2.05, 4.69) is 18.2 Å². The lowest BCUT2D eigenvalue weighted by atomic mass is 10.0. The molecular weight excluding hydrogens is 222 g/mol. The molecule has 3 rings (SSSR count). The molecule has 1 heterocycles. The Balaban J connectivity index is 2.22. The van der Waals surface area contributed by atoms with Gasteiger partial charge in [0.25, 0.3) is 0 Å². The number of hydrogen-bond acceptors (Lipinski definition) is 2. The van der Waals surface area contributed by atoms with Crippen LogP contribution in [0.5, 0.6) is 0 Å². The van der Waals surface area contributed by atoms with E-state index in [0.29, 0.717) is 6.42 Å². The largest absolute Gasteiger partial charge is 0.463 e. The summed E-state index contributed by atoms with van der Waals surface area (Å²) in [7, 11) is 0. The van der Waals surface area contributed by atoms with Crippen LogP contribution in [0.15, 0.2) is 59.2 Å². The molecule has 86 valence electrons. The number of fused-ring (bicyclic) bond motifs is 1. The molecule has 0 radical (unpaired) electrons. The molecule has 0 spiro atoms. The van der Waals surface area contributed by atoms with Crippen LogP contribution >= 0.6 is 0 Å². The maximum atomic E-state index is 8.81. The number of rotatable bonds is 2. The third kappa shape index (κ3) is 1.66. The quantitative estimate of drug-likeness (QED) is 0.666. The van der Waals surface area contributed by atoms with Crippen LogP contribution < -0.4 is 0 Å². The smallest absolute Gasteiger partial charge is 0.138 e. The van der Waals surface area contributed by atoms with E-state index in [1.807, 2.05) is 36.4 Å². The number of nitrogens with zero attached hydrogens (tertiary/aromatic N) is 1. The Kier molecular flexibility index (Phi) is 2.59. The van der Waals surface area contributed by atoms with Gasteiger partial charge in [-0.2, -0.15) is 5.26 Å². The highest BCUT2D eigenvalue weighted by Crippen LogP contribution is 2.32. The number of nitriles is 1. The molecule has 2 nitrogen and oxygen atoms in total. The summed E-state index contributed by atoms with van der Waals surface area (Å²) in [6.07, 6.45) is 2.14. The topological polar surface area (TPSA) is 36.9 Å². The highest BCUT2D eigenvalue weighted by molar-refractivity contribution is 5.95. The summed E-state index contributed by atoms with van der Waals surface area (Å²) in [5, 5.41) is 9.88. The van der Waals surface area contributed by atoms with Crippen LogP contribution in [0.2, 0.25) is 0 Å². The molecule has 3 aromatic rings. The first-order valence-corrected chi connectivity index (χ1v) is 5.81. The maximum absolute atomic E-state index is 8.81. The van der Waals surface area contributed by atoms with Gasteiger partial charge in [0.2, 0.25) is 0 Å². The van der Waals surface area contributed by atoms with Gasteiger partial charge in [0.15, 0.2) is 0 Å². The van der Waals surface area contributed by atoms with Gasteiger partial charge in [0.1, 0.15) is 5.58 Å². The molecule has 0 unspecified atom stereocenters. The van der Waals surface area contributed by atoms with Gasteiger partial charge in [-0.25, -0.2) is 0 Å². The van der Waals surface area contributed by atoms with Crippen LogP contribution in [0.4, 0.5) is 0 Å². The van der Waals surface area contributed by atoms with Crippen LogP contribution in [0, 0.1) is 11.3 Å². The fourth-order valence-corrected chi connectivity index (χ4v) is 2.18. The Bertz CT molecular complexity index is 720. The van der Waals surface area contributed by atoms with Gasteiger partial charge in [-0.05, 0) is 5.56 Å². The molecule has 2 aromatic carbocycles. The molecule has 0 aliphatic rings. The monoisotopic (exact) mass is 233 g/mol. The zero-order valence-corrected chi connectivity index (χ0v) is 9.76. The second-order valence-electron chi connectivity index (χ2n) is 4.14. The molecule has 2 heteroatoms. The molecule has 0 aliphatic heterocycles. The van der Waals surface area contributed by atoms with Crippen molar-refractivity contribution in [2.45, 2.75) is 6.42 Å². The van der Waals surface area contributed by atoms with E-state index in [-0.39, 0.29) is 0 Å². The third-order valence-electron chi connectivity index (χ3n) is 3.04. The third-order valence-corrected chi connectivity index (χ3v) is 3.04. The van der Waals surface area contributed by atoms with Crippen LogP contribution in [-0.4, -0.2) is 0 Å². The van der Waals surface area contributed by atoms with Gasteiger partial charge in [0, 0.05) is 16.5 Å². The van der Waals surface area contributed by atoms with E-state index in [9.17, 15) is 0 Å². The van der Waals surface area contributed by atoms with E-state index < -0.39 is 0 Å². The molecule has 0 aliphatic carbocycles. The zero-order valence-electron chi connectivity index (χ0n) is 9.76. The molecule has 0 fully saturated rings. The maximum Gasteiger partial charge on any atom is 0.138 e. The first-order chi connectivity index (χ1) is 8.90. The zero-order chi connectivity index (χ0) is 12.4. The lowest BCUT2D eigenvalue weighted by Gasteiger charge is -1.99. The van der Waals surface area contributed by atoms with Crippen molar-refractivity contribution in [2.75, 3.05) is 0 Å². The average Bonchev–Trinajstić information content (AvgIpc) is 2.85.